The number of nitro benzene ring substituents is 1. The van der Waals surface area contributed by atoms with Crippen LogP contribution in [0.15, 0.2) is 35.0 Å². The SMILES string of the molecule is O=C(O)c1cc([N+](=O)[O-])ccc1NCc1ccno1. The highest BCUT2D eigenvalue weighted by atomic mass is 16.6. The van der Waals surface area contributed by atoms with Gasteiger partial charge in [-0.1, -0.05) is 5.16 Å². The number of carbonyl (C=O) groups is 1. The molecule has 8 nitrogen and oxygen atoms in total. The number of carboxylic acid groups (broad SMARTS) is 1. The van der Waals surface area contributed by atoms with E-state index in [2.05, 4.69) is 10.5 Å². The lowest BCUT2D eigenvalue weighted by Gasteiger charge is -2.07. The fourth-order valence-electron chi connectivity index (χ4n) is 1.49. The number of non-ortho nitro benzene ring substituents is 1. The number of carboxylic acids is 1. The van der Waals surface area contributed by atoms with Crippen LogP contribution in [0.25, 0.3) is 0 Å². The summed E-state index contributed by atoms with van der Waals surface area (Å²) in [6, 6.07) is 5.21. The van der Waals surface area contributed by atoms with Gasteiger partial charge in [0.05, 0.1) is 23.2 Å². The quantitative estimate of drug-likeness (QED) is 0.624. The number of nitrogens with zero attached hydrogens (tertiary/aromatic N) is 2. The van der Waals surface area contributed by atoms with Gasteiger partial charge in [-0.15, -0.1) is 0 Å². The normalized spacial score (nSPS) is 10.1. The highest BCUT2D eigenvalue weighted by Crippen LogP contribution is 2.22. The number of anilines is 1. The number of aromatic nitrogens is 1. The summed E-state index contributed by atoms with van der Waals surface area (Å²) in [4.78, 5) is 21.0. The second-order valence-electron chi connectivity index (χ2n) is 3.62. The smallest absolute Gasteiger partial charge is 0.338 e. The zero-order chi connectivity index (χ0) is 13.8. The monoisotopic (exact) mass is 263 g/mol. The van der Waals surface area contributed by atoms with Crippen LogP contribution >= 0.6 is 0 Å². The van der Waals surface area contributed by atoms with Gasteiger partial charge in [0.2, 0.25) is 0 Å². The molecule has 1 heterocycles. The standard InChI is InChI=1S/C11H9N3O5/c15-11(16)9-5-7(14(17)18)1-2-10(9)12-6-8-3-4-13-19-8/h1-5,12H,6H2,(H,15,16). The van der Waals surface area contributed by atoms with Crippen molar-refractivity contribution < 1.29 is 19.3 Å². The molecule has 0 aliphatic rings. The van der Waals surface area contributed by atoms with Crippen LogP contribution in [0.5, 0.6) is 0 Å². The number of nitrogens with one attached hydrogen (secondary N) is 1. The molecule has 2 N–H and O–H groups in total. The third kappa shape index (κ3) is 2.86. The van der Waals surface area contributed by atoms with Gasteiger partial charge in [0.1, 0.15) is 0 Å². The molecule has 0 bridgehead atoms. The highest BCUT2D eigenvalue weighted by Gasteiger charge is 2.16. The molecule has 0 fully saturated rings. The van der Waals surface area contributed by atoms with E-state index >= 15 is 0 Å². The van der Waals surface area contributed by atoms with Gasteiger partial charge in [0.25, 0.3) is 5.69 Å². The van der Waals surface area contributed by atoms with E-state index in [1.807, 2.05) is 0 Å². The first-order valence-electron chi connectivity index (χ1n) is 5.23. The zero-order valence-electron chi connectivity index (χ0n) is 9.57. The number of nitro groups is 1. The Labute approximate surface area is 106 Å². The van der Waals surface area contributed by atoms with Gasteiger partial charge in [-0.2, -0.15) is 0 Å². The number of hydrogen-bond acceptors (Lipinski definition) is 6. The Morgan fingerprint density at radius 2 is 2.26 bits per heavy atom. The van der Waals surface area contributed by atoms with E-state index in [1.165, 1.54) is 18.3 Å². The highest BCUT2D eigenvalue weighted by molar-refractivity contribution is 5.95. The van der Waals surface area contributed by atoms with Gasteiger partial charge in [-0.05, 0) is 6.07 Å². The number of aromatic carboxylic acids is 1. The summed E-state index contributed by atoms with van der Waals surface area (Å²) < 4.78 is 4.85. The third-order valence-electron chi connectivity index (χ3n) is 2.39. The minimum Gasteiger partial charge on any atom is -0.478 e. The van der Waals surface area contributed by atoms with Crippen LogP contribution in [0, 0.1) is 10.1 Å². The molecule has 0 saturated carbocycles. The molecular formula is C11H9N3O5. The Kier molecular flexibility index (Phi) is 3.42. The van der Waals surface area contributed by atoms with Crippen molar-refractivity contribution in [2.45, 2.75) is 6.54 Å². The van der Waals surface area contributed by atoms with Crippen LogP contribution in [0.4, 0.5) is 11.4 Å². The number of hydrogen-bond donors (Lipinski definition) is 2. The molecule has 8 heteroatoms. The molecule has 2 rings (SSSR count). The maximum absolute atomic E-state index is 11.1. The van der Waals surface area contributed by atoms with E-state index in [4.69, 9.17) is 9.63 Å². The molecule has 0 aliphatic heterocycles. The Bertz CT molecular complexity index is 609. The lowest BCUT2D eigenvalue weighted by molar-refractivity contribution is -0.384. The predicted octanol–water partition coefficient (Wildman–Crippen LogP) is 1.89. The van der Waals surface area contributed by atoms with Crippen molar-refractivity contribution in [1.29, 1.82) is 0 Å². The van der Waals surface area contributed by atoms with Crippen LogP contribution in [0.2, 0.25) is 0 Å². The van der Waals surface area contributed by atoms with Crippen molar-refractivity contribution in [1.82, 2.24) is 5.16 Å². The van der Waals surface area contributed by atoms with Gasteiger partial charge in [-0.25, -0.2) is 4.79 Å². The second kappa shape index (κ2) is 5.17. The van der Waals surface area contributed by atoms with Gasteiger partial charge < -0.3 is 14.9 Å². The molecule has 19 heavy (non-hydrogen) atoms. The van der Waals surface area contributed by atoms with E-state index in [0.29, 0.717) is 5.76 Å². The summed E-state index contributed by atoms with van der Waals surface area (Å²) in [5, 5.41) is 26.0. The van der Waals surface area contributed by atoms with Crippen LogP contribution in [-0.2, 0) is 6.54 Å². The molecule has 1 aromatic heterocycles. The molecule has 0 unspecified atom stereocenters. The molecule has 1 aromatic carbocycles. The van der Waals surface area contributed by atoms with Crippen LogP contribution in [-0.4, -0.2) is 21.2 Å². The lowest BCUT2D eigenvalue weighted by Crippen LogP contribution is -2.06. The predicted molar refractivity (Wildman–Crippen MR) is 63.9 cm³/mol. The van der Waals surface area contributed by atoms with Crippen molar-refractivity contribution in [2.24, 2.45) is 0 Å². The average Bonchev–Trinajstić information content (AvgIpc) is 2.89. The molecule has 0 saturated heterocycles. The van der Waals surface area contributed by atoms with E-state index in [1.54, 1.807) is 6.07 Å². The summed E-state index contributed by atoms with van der Waals surface area (Å²) in [6.07, 6.45) is 1.46. The van der Waals surface area contributed by atoms with Crippen molar-refractivity contribution in [3.05, 3.63) is 51.9 Å². The Balaban J connectivity index is 2.24. The maximum atomic E-state index is 11.1. The van der Waals surface area contributed by atoms with Gasteiger partial charge in [0.15, 0.2) is 5.76 Å². The minimum absolute atomic E-state index is 0.172. The summed E-state index contributed by atoms with van der Waals surface area (Å²) >= 11 is 0. The summed E-state index contributed by atoms with van der Waals surface area (Å²) in [5.41, 5.74) is -0.175. The third-order valence-corrected chi connectivity index (χ3v) is 2.39. The molecule has 0 aliphatic carbocycles. The van der Waals surface area contributed by atoms with Crippen LogP contribution < -0.4 is 5.32 Å². The van der Waals surface area contributed by atoms with Gasteiger partial charge in [0, 0.05) is 23.9 Å². The van der Waals surface area contributed by atoms with E-state index in [0.717, 1.165) is 6.07 Å². The molecule has 0 amide bonds. The summed E-state index contributed by atoms with van der Waals surface area (Å²) in [5.74, 6) is -0.724. The summed E-state index contributed by atoms with van der Waals surface area (Å²) in [7, 11) is 0. The van der Waals surface area contributed by atoms with Crippen molar-refractivity contribution in [2.75, 3.05) is 5.32 Å². The molecule has 0 radical (unpaired) electrons. The summed E-state index contributed by atoms with van der Waals surface area (Å²) in [6.45, 7) is 0.234. The Morgan fingerprint density at radius 3 is 2.84 bits per heavy atom. The first-order valence-corrected chi connectivity index (χ1v) is 5.23. The van der Waals surface area contributed by atoms with Crippen molar-refractivity contribution in [3.8, 4) is 0 Å². The molecule has 0 spiro atoms. The van der Waals surface area contributed by atoms with Gasteiger partial charge in [-0.3, -0.25) is 10.1 Å². The van der Waals surface area contributed by atoms with E-state index in [-0.39, 0.29) is 23.5 Å². The Morgan fingerprint density at radius 1 is 1.47 bits per heavy atom. The zero-order valence-corrected chi connectivity index (χ0v) is 9.57. The molecule has 0 atom stereocenters. The van der Waals surface area contributed by atoms with E-state index in [9.17, 15) is 14.9 Å². The number of rotatable bonds is 5. The second-order valence-corrected chi connectivity index (χ2v) is 3.62. The van der Waals surface area contributed by atoms with Gasteiger partial charge >= 0.3 is 5.97 Å². The van der Waals surface area contributed by atoms with Crippen molar-refractivity contribution in [3.63, 3.8) is 0 Å². The fraction of sp³-hybridized carbons (Fsp3) is 0.0909. The first kappa shape index (κ1) is 12.6. The fourth-order valence-corrected chi connectivity index (χ4v) is 1.49. The molecule has 98 valence electrons. The van der Waals surface area contributed by atoms with Crippen LogP contribution in [0.3, 0.4) is 0 Å². The lowest BCUT2D eigenvalue weighted by atomic mass is 10.1. The maximum Gasteiger partial charge on any atom is 0.338 e. The average molecular weight is 263 g/mol. The van der Waals surface area contributed by atoms with Crippen molar-refractivity contribution >= 4 is 17.3 Å². The topological polar surface area (TPSA) is 118 Å². The van der Waals surface area contributed by atoms with Crippen LogP contribution in [0.1, 0.15) is 16.1 Å². The largest absolute Gasteiger partial charge is 0.478 e. The Hall–Kier alpha value is -2.90. The first-order chi connectivity index (χ1) is 9.08. The molecular weight excluding hydrogens is 254 g/mol. The van der Waals surface area contributed by atoms with E-state index < -0.39 is 10.9 Å². The molecule has 2 aromatic rings. The number of benzene rings is 1. The minimum atomic E-state index is -1.25.